The lowest BCUT2D eigenvalue weighted by atomic mass is 10.1. The van der Waals surface area contributed by atoms with Crippen LogP contribution in [0.3, 0.4) is 0 Å². The van der Waals surface area contributed by atoms with Crippen LogP contribution < -0.4 is 4.74 Å². The number of nitrogens with zero attached hydrogens (tertiary/aromatic N) is 2. The van der Waals surface area contributed by atoms with E-state index in [-0.39, 0.29) is 0 Å². The highest BCUT2D eigenvalue weighted by Crippen LogP contribution is 2.31. The zero-order valence-corrected chi connectivity index (χ0v) is 17.2. The second-order valence-corrected chi connectivity index (χ2v) is 7.37. The third-order valence-corrected chi connectivity index (χ3v) is 5.11. The average molecular weight is 400 g/mol. The van der Waals surface area contributed by atoms with Crippen LogP contribution in [0.25, 0.3) is 22.2 Å². The number of benzene rings is 1. The largest absolute Gasteiger partial charge is 0.480 e. The summed E-state index contributed by atoms with van der Waals surface area (Å²) in [5.41, 5.74) is 2.58. The van der Waals surface area contributed by atoms with Gasteiger partial charge in [-0.1, -0.05) is 37.4 Å². The highest BCUT2D eigenvalue weighted by molar-refractivity contribution is 6.31. The van der Waals surface area contributed by atoms with Gasteiger partial charge in [-0.25, -0.2) is 9.97 Å². The Labute approximate surface area is 170 Å². The van der Waals surface area contributed by atoms with Gasteiger partial charge in [0.2, 0.25) is 5.88 Å². The standard InChI is InChI=1S/C22H26ClN3O2/c1-3-17(27)8-6-4-5-7-9-21-24-14-20(25-21)18-12-15-10-11-16(23)13-19(15)26-22(18)28-2/h10-14H,3-9H2,1-2H3,(H,24,25). The summed E-state index contributed by atoms with van der Waals surface area (Å²) in [7, 11) is 1.61. The molecule has 0 spiro atoms. The molecule has 0 aliphatic rings. The smallest absolute Gasteiger partial charge is 0.223 e. The first kappa shape index (κ1) is 20.3. The van der Waals surface area contributed by atoms with E-state index in [1.54, 1.807) is 7.11 Å². The zero-order valence-electron chi connectivity index (χ0n) is 16.4. The average Bonchev–Trinajstić information content (AvgIpc) is 3.17. The fourth-order valence-corrected chi connectivity index (χ4v) is 3.41. The van der Waals surface area contributed by atoms with Gasteiger partial charge in [0.25, 0.3) is 0 Å². The summed E-state index contributed by atoms with van der Waals surface area (Å²) in [6.45, 7) is 1.92. The maximum atomic E-state index is 11.3. The van der Waals surface area contributed by atoms with Crippen molar-refractivity contribution in [2.45, 2.75) is 51.9 Å². The number of aryl methyl sites for hydroxylation is 1. The number of fused-ring (bicyclic) bond motifs is 1. The SMILES string of the molecule is CCC(=O)CCCCCCc1ncc(-c2cc3ccc(Cl)cc3nc2OC)[nH]1. The monoisotopic (exact) mass is 399 g/mol. The number of imidazole rings is 1. The van der Waals surface area contributed by atoms with Crippen LogP contribution in [0.4, 0.5) is 0 Å². The van der Waals surface area contributed by atoms with Crippen molar-refractivity contribution in [2.75, 3.05) is 7.11 Å². The molecule has 0 aliphatic carbocycles. The third-order valence-electron chi connectivity index (χ3n) is 4.87. The lowest BCUT2D eigenvalue weighted by Crippen LogP contribution is -1.95. The molecule has 0 saturated heterocycles. The first-order valence-corrected chi connectivity index (χ1v) is 10.2. The Balaban J connectivity index is 1.63. The number of nitrogens with one attached hydrogen (secondary N) is 1. The van der Waals surface area contributed by atoms with Crippen LogP contribution in [-0.2, 0) is 11.2 Å². The summed E-state index contributed by atoms with van der Waals surface area (Å²) in [6.07, 6.45) is 8.31. The van der Waals surface area contributed by atoms with Crippen LogP contribution in [0.2, 0.25) is 5.02 Å². The predicted molar refractivity (Wildman–Crippen MR) is 113 cm³/mol. The van der Waals surface area contributed by atoms with Gasteiger partial charge in [0.1, 0.15) is 11.6 Å². The molecule has 0 amide bonds. The van der Waals surface area contributed by atoms with E-state index in [0.717, 1.165) is 60.1 Å². The number of hydrogen-bond donors (Lipinski definition) is 1. The maximum absolute atomic E-state index is 11.3. The molecule has 0 unspecified atom stereocenters. The lowest BCUT2D eigenvalue weighted by molar-refractivity contribution is -0.118. The summed E-state index contributed by atoms with van der Waals surface area (Å²) in [5.74, 6) is 1.86. The van der Waals surface area contributed by atoms with Crippen LogP contribution >= 0.6 is 11.6 Å². The highest BCUT2D eigenvalue weighted by atomic mass is 35.5. The summed E-state index contributed by atoms with van der Waals surface area (Å²) in [5, 5.41) is 1.65. The van der Waals surface area contributed by atoms with Crippen molar-refractivity contribution >= 4 is 28.3 Å². The van der Waals surface area contributed by atoms with Gasteiger partial charge in [0.15, 0.2) is 0 Å². The minimum atomic E-state index is 0.357. The van der Waals surface area contributed by atoms with Gasteiger partial charge in [-0.2, -0.15) is 0 Å². The number of aromatic nitrogens is 3. The van der Waals surface area contributed by atoms with E-state index in [9.17, 15) is 4.79 Å². The first-order chi connectivity index (χ1) is 13.6. The third kappa shape index (κ3) is 5.10. The molecule has 3 rings (SSSR count). The molecule has 2 aromatic heterocycles. The van der Waals surface area contributed by atoms with Crippen molar-refractivity contribution in [3.8, 4) is 17.1 Å². The van der Waals surface area contributed by atoms with Gasteiger partial charge in [0.05, 0.1) is 30.1 Å². The number of H-pyrrole nitrogens is 1. The fourth-order valence-electron chi connectivity index (χ4n) is 3.24. The Morgan fingerprint density at radius 1 is 1.18 bits per heavy atom. The number of rotatable bonds is 10. The van der Waals surface area contributed by atoms with Crippen molar-refractivity contribution in [2.24, 2.45) is 0 Å². The number of halogens is 1. The number of methoxy groups -OCH3 is 1. The summed E-state index contributed by atoms with van der Waals surface area (Å²) in [6, 6.07) is 7.68. The molecule has 6 heteroatoms. The molecule has 0 saturated carbocycles. The second kappa shape index (κ2) is 9.69. The molecule has 0 bridgehead atoms. The number of carbonyl (C=O) groups is 1. The van der Waals surface area contributed by atoms with E-state index in [2.05, 4.69) is 15.0 Å². The van der Waals surface area contributed by atoms with Crippen LogP contribution in [-0.4, -0.2) is 27.8 Å². The first-order valence-electron chi connectivity index (χ1n) is 9.81. The normalized spacial score (nSPS) is 11.1. The second-order valence-electron chi connectivity index (χ2n) is 6.93. The van der Waals surface area contributed by atoms with E-state index in [4.69, 9.17) is 16.3 Å². The van der Waals surface area contributed by atoms with Crippen LogP contribution in [0, 0.1) is 0 Å². The summed E-state index contributed by atoms with van der Waals surface area (Å²) in [4.78, 5) is 23.8. The molecule has 148 valence electrons. The molecule has 0 aliphatic heterocycles. The Morgan fingerprint density at radius 2 is 2.00 bits per heavy atom. The molecule has 0 radical (unpaired) electrons. The van der Waals surface area contributed by atoms with Crippen LogP contribution in [0.1, 0.15) is 51.3 Å². The summed E-state index contributed by atoms with van der Waals surface area (Å²) < 4.78 is 5.48. The Hall–Kier alpha value is -2.40. The van der Waals surface area contributed by atoms with Gasteiger partial charge in [-0.3, -0.25) is 4.79 Å². The molecular weight excluding hydrogens is 374 g/mol. The van der Waals surface area contributed by atoms with E-state index in [1.165, 1.54) is 0 Å². The number of aromatic amines is 1. The molecular formula is C22H26ClN3O2. The number of unbranched alkanes of at least 4 members (excludes halogenated alkanes) is 3. The summed E-state index contributed by atoms with van der Waals surface area (Å²) >= 11 is 6.06. The Morgan fingerprint density at radius 3 is 2.79 bits per heavy atom. The van der Waals surface area contributed by atoms with Crippen molar-refractivity contribution in [1.82, 2.24) is 15.0 Å². The van der Waals surface area contributed by atoms with E-state index >= 15 is 0 Å². The van der Waals surface area contributed by atoms with Crippen molar-refractivity contribution in [3.63, 3.8) is 0 Å². The minimum absolute atomic E-state index is 0.357. The van der Waals surface area contributed by atoms with Gasteiger partial charge >= 0.3 is 0 Å². The van der Waals surface area contributed by atoms with Crippen molar-refractivity contribution < 1.29 is 9.53 Å². The fraction of sp³-hybridized carbons (Fsp3) is 0.409. The van der Waals surface area contributed by atoms with Gasteiger partial charge < -0.3 is 9.72 Å². The molecule has 1 aromatic carbocycles. The lowest BCUT2D eigenvalue weighted by Gasteiger charge is -2.08. The molecule has 1 N–H and O–H groups in total. The number of pyridine rings is 1. The van der Waals surface area contributed by atoms with Gasteiger partial charge in [-0.15, -0.1) is 0 Å². The van der Waals surface area contributed by atoms with Crippen molar-refractivity contribution in [3.05, 3.63) is 41.3 Å². The number of hydrogen-bond acceptors (Lipinski definition) is 4. The van der Waals surface area contributed by atoms with E-state index < -0.39 is 0 Å². The predicted octanol–water partition coefficient (Wildman–Crippen LogP) is 5.76. The number of carbonyl (C=O) groups excluding carboxylic acids is 1. The topological polar surface area (TPSA) is 67.9 Å². The minimum Gasteiger partial charge on any atom is -0.480 e. The van der Waals surface area contributed by atoms with E-state index in [1.807, 2.05) is 37.4 Å². The van der Waals surface area contributed by atoms with Gasteiger partial charge in [0, 0.05) is 29.7 Å². The number of ketones is 1. The molecule has 3 aromatic rings. The van der Waals surface area contributed by atoms with Crippen LogP contribution in [0.15, 0.2) is 30.5 Å². The molecule has 0 atom stereocenters. The van der Waals surface area contributed by atoms with Gasteiger partial charge in [-0.05, 0) is 31.0 Å². The Kier molecular flexibility index (Phi) is 7.04. The number of Topliss-reactive ketones (excluding diaryl/α,β-unsaturated/α-hetero) is 1. The van der Waals surface area contributed by atoms with Crippen LogP contribution in [0.5, 0.6) is 5.88 Å². The Bertz CT molecular complexity index is 952. The zero-order chi connectivity index (χ0) is 19.9. The van der Waals surface area contributed by atoms with Crippen molar-refractivity contribution in [1.29, 1.82) is 0 Å². The quantitative estimate of drug-likeness (QED) is 0.440. The molecule has 5 nitrogen and oxygen atoms in total. The highest BCUT2D eigenvalue weighted by Gasteiger charge is 2.13. The molecule has 0 fully saturated rings. The molecule has 28 heavy (non-hydrogen) atoms. The maximum Gasteiger partial charge on any atom is 0.223 e. The molecule has 2 heterocycles. The van der Waals surface area contributed by atoms with E-state index in [0.29, 0.717) is 29.5 Å². The number of ether oxygens (including phenoxy) is 1.